The third kappa shape index (κ3) is 4.21. The van der Waals surface area contributed by atoms with Crippen LogP contribution in [-0.2, 0) is 11.3 Å². The van der Waals surface area contributed by atoms with Crippen LogP contribution in [0, 0.1) is 0 Å². The number of benzene rings is 1. The Kier molecular flexibility index (Phi) is 5.38. The molecule has 0 unspecified atom stereocenters. The van der Waals surface area contributed by atoms with Gasteiger partial charge in [-0.2, -0.15) is 0 Å². The maximum atomic E-state index is 12.2. The summed E-state index contributed by atoms with van der Waals surface area (Å²) < 4.78 is 7.36. The van der Waals surface area contributed by atoms with Crippen molar-refractivity contribution in [1.82, 2.24) is 4.57 Å². The van der Waals surface area contributed by atoms with Gasteiger partial charge in [-0.05, 0) is 41.4 Å². The Bertz CT molecular complexity index is 711. The average molecular weight is 365 g/mol. The highest BCUT2D eigenvalue weighted by Gasteiger charge is 2.12. The minimum atomic E-state index is -0.658. The molecule has 0 aliphatic heterocycles. The van der Waals surface area contributed by atoms with Gasteiger partial charge in [0.15, 0.2) is 0 Å². The Hall–Kier alpha value is -2.08. The molecule has 0 saturated heterocycles. The second-order valence-electron chi connectivity index (χ2n) is 5.06. The fraction of sp³-hybridized carbons (Fsp3) is 0.250. The van der Waals surface area contributed by atoms with Gasteiger partial charge in [0.1, 0.15) is 12.3 Å². The third-order valence-corrected chi connectivity index (χ3v) is 3.45. The van der Waals surface area contributed by atoms with Gasteiger partial charge in [-0.25, -0.2) is 4.79 Å². The van der Waals surface area contributed by atoms with Gasteiger partial charge in [0.25, 0.3) is 5.56 Å². The molecule has 5 nitrogen and oxygen atoms in total. The van der Waals surface area contributed by atoms with Crippen LogP contribution in [0.2, 0.25) is 0 Å². The molecule has 2 rings (SSSR count). The second-order valence-corrected chi connectivity index (χ2v) is 5.98. The summed E-state index contributed by atoms with van der Waals surface area (Å²) in [7, 11) is 0. The number of hydrogen-bond donors (Lipinski definition) is 1. The number of pyridine rings is 1. The van der Waals surface area contributed by atoms with Crippen LogP contribution >= 0.6 is 15.9 Å². The van der Waals surface area contributed by atoms with Crippen molar-refractivity contribution in [3.63, 3.8) is 0 Å². The number of hydrogen-bond acceptors (Lipinski definition) is 3. The number of nitrogens with one attached hydrogen (secondary N) is 1. The average Bonchev–Trinajstić information content (AvgIpc) is 2.49. The van der Waals surface area contributed by atoms with Gasteiger partial charge in [-0.3, -0.25) is 10.1 Å². The van der Waals surface area contributed by atoms with Crippen LogP contribution in [0.1, 0.15) is 25.5 Å². The quantitative estimate of drug-likeness (QED) is 0.893. The largest absolute Gasteiger partial charge is 0.444 e. The zero-order valence-corrected chi connectivity index (χ0v) is 14.0. The normalized spacial score (nSPS) is 10.5. The SMILES string of the molecule is CC(C)n1cc(Br)cc(NC(=O)OCc2ccccc2)c1=O. The summed E-state index contributed by atoms with van der Waals surface area (Å²) in [5, 5.41) is 2.49. The van der Waals surface area contributed by atoms with Crippen molar-refractivity contribution in [2.45, 2.75) is 26.5 Å². The lowest BCUT2D eigenvalue weighted by molar-refractivity contribution is 0.155. The van der Waals surface area contributed by atoms with E-state index in [2.05, 4.69) is 21.2 Å². The van der Waals surface area contributed by atoms with Crippen molar-refractivity contribution in [3.05, 3.63) is 63.0 Å². The van der Waals surface area contributed by atoms with Gasteiger partial charge < -0.3 is 9.30 Å². The first-order valence-corrected chi connectivity index (χ1v) is 7.66. The molecule has 1 aromatic carbocycles. The van der Waals surface area contributed by atoms with Crippen LogP contribution in [0.4, 0.5) is 10.5 Å². The van der Waals surface area contributed by atoms with E-state index in [-0.39, 0.29) is 23.9 Å². The Morgan fingerprint density at radius 3 is 2.64 bits per heavy atom. The van der Waals surface area contributed by atoms with Crippen LogP contribution < -0.4 is 10.9 Å². The smallest absolute Gasteiger partial charge is 0.412 e. The van der Waals surface area contributed by atoms with Crippen molar-refractivity contribution in [2.75, 3.05) is 5.32 Å². The highest BCUT2D eigenvalue weighted by molar-refractivity contribution is 9.10. The molecule has 0 aliphatic carbocycles. The standard InChI is InChI=1S/C16H17BrN2O3/c1-11(2)19-9-13(17)8-14(15(19)20)18-16(21)22-10-12-6-4-3-5-7-12/h3-9,11H,10H2,1-2H3,(H,18,21). The van der Waals surface area contributed by atoms with Crippen LogP contribution in [-0.4, -0.2) is 10.7 Å². The molecule has 22 heavy (non-hydrogen) atoms. The molecule has 0 fully saturated rings. The lowest BCUT2D eigenvalue weighted by Gasteiger charge is -2.13. The van der Waals surface area contributed by atoms with Crippen LogP contribution in [0.3, 0.4) is 0 Å². The van der Waals surface area contributed by atoms with Crippen molar-refractivity contribution in [2.24, 2.45) is 0 Å². The minimum Gasteiger partial charge on any atom is -0.444 e. The monoisotopic (exact) mass is 364 g/mol. The third-order valence-electron chi connectivity index (χ3n) is 3.02. The van der Waals surface area contributed by atoms with Gasteiger partial charge in [-0.15, -0.1) is 0 Å². The highest BCUT2D eigenvalue weighted by atomic mass is 79.9. The Balaban J connectivity index is 2.07. The zero-order valence-electron chi connectivity index (χ0n) is 12.4. The molecule has 0 radical (unpaired) electrons. The summed E-state index contributed by atoms with van der Waals surface area (Å²) in [6.45, 7) is 3.94. The van der Waals surface area contributed by atoms with Crippen LogP contribution in [0.15, 0.2) is 51.9 Å². The van der Waals surface area contributed by atoms with E-state index in [1.807, 2.05) is 44.2 Å². The van der Waals surface area contributed by atoms with E-state index in [0.29, 0.717) is 4.47 Å². The van der Waals surface area contributed by atoms with Gasteiger partial charge in [-0.1, -0.05) is 30.3 Å². The number of rotatable bonds is 4. The molecular formula is C16H17BrN2O3. The van der Waals surface area contributed by atoms with E-state index in [4.69, 9.17) is 4.74 Å². The number of nitrogens with zero attached hydrogens (tertiary/aromatic N) is 1. The maximum Gasteiger partial charge on any atom is 0.412 e. The predicted octanol–water partition coefficient (Wildman–Crippen LogP) is 3.94. The van der Waals surface area contributed by atoms with E-state index in [1.165, 1.54) is 4.57 Å². The van der Waals surface area contributed by atoms with Crippen LogP contribution in [0.25, 0.3) is 0 Å². The van der Waals surface area contributed by atoms with E-state index < -0.39 is 6.09 Å². The van der Waals surface area contributed by atoms with E-state index in [9.17, 15) is 9.59 Å². The highest BCUT2D eigenvalue weighted by Crippen LogP contribution is 2.15. The van der Waals surface area contributed by atoms with Gasteiger partial charge in [0.2, 0.25) is 0 Å². The minimum absolute atomic E-state index is 0.00844. The number of aromatic nitrogens is 1. The van der Waals surface area contributed by atoms with Gasteiger partial charge in [0.05, 0.1) is 0 Å². The fourth-order valence-corrected chi connectivity index (χ4v) is 2.36. The zero-order chi connectivity index (χ0) is 16.1. The van der Waals surface area contributed by atoms with Crippen LogP contribution in [0.5, 0.6) is 0 Å². The summed E-state index contributed by atoms with van der Waals surface area (Å²) >= 11 is 3.33. The van der Waals surface area contributed by atoms with Crippen molar-refractivity contribution in [1.29, 1.82) is 0 Å². The predicted molar refractivity (Wildman–Crippen MR) is 89.0 cm³/mol. The van der Waals surface area contributed by atoms with Gasteiger partial charge >= 0.3 is 6.09 Å². The Labute approximate surface area is 137 Å². The lowest BCUT2D eigenvalue weighted by Crippen LogP contribution is -2.27. The second kappa shape index (κ2) is 7.26. The number of carbonyl (C=O) groups excluding carboxylic acids is 1. The van der Waals surface area contributed by atoms with E-state index in [0.717, 1.165) is 5.56 Å². The Morgan fingerprint density at radius 1 is 1.32 bits per heavy atom. The molecule has 0 atom stereocenters. The molecule has 0 spiro atoms. The van der Waals surface area contributed by atoms with Crippen molar-refractivity contribution >= 4 is 27.7 Å². The summed E-state index contributed by atoms with van der Waals surface area (Å²) in [4.78, 5) is 24.1. The fourth-order valence-electron chi connectivity index (χ4n) is 1.91. The molecule has 1 aromatic heterocycles. The molecule has 1 amide bonds. The summed E-state index contributed by atoms with van der Waals surface area (Å²) in [6.07, 6.45) is 1.03. The summed E-state index contributed by atoms with van der Waals surface area (Å²) in [5.41, 5.74) is 0.794. The van der Waals surface area contributed by atoms with Crippen molar-refractivity contribution in [3.8, 4) is 0 Å². The molecule has 0 saturated carbocycles. The molecule has 0 aliphatic rings. The number of halogens is 1. The molecule has 2 aromatic rings. The summed E-state index contributed by atoms with van der Waals surface area (Å²) in [5.74, 6) is 0. The molecule has 116 valence electrons. The first-order chi connectivity index (χ1) is 10.5. The number of carbonyl (C=O) groups is 1. The maximum absolute atomic E-state index is 12.2. The molecular weight excluding hydrogens is 348 g/mol. The van der Waals surface area contributed by atoms with Crippen molar-refractivity contribution < 1.29 is 9.53 Å². The number of ether oxygens (including phenoxy) is 1. The molecule has 1 N–H and O–H groups in total. The molecule has 1 heterocycles. The van der Waals surface area contributed by atoms with Gasteiger partial charge in [0, 0.05) is 16.7 Å². The number of amides is 1. The lowest BCUT2D eigenvalue weighted by atomic mass is 10.2. The number of anilines is 1. The first-order valence-electron chi connectivity index (χ1n) is 6.86. The summed E-state index contributed by atoms with van der Waals surface area (Å²) in [6, 6.07) is 10.9. The Morgan fingerprint density at radius 2 is 2.00 bits per heavy atom. The van der Waals surface area contributed by atoms with E-state index in [1.54, 1.807) is 12.3 Å². The molecule has 6 heteroatoms. The first kappa shape index (κ1) is 16.3. The van der Waals surface area contributed by atoms with E-state index >= 15 is 0 Å². The molecule has 0 bridgehead atoms. The topological polar surface area (TPSA) is 60.3 Å².